The van der Waals surface area contributed by atoms with E-state index in [1.807, 2.05) is 0 Å². The molecule has 0 unspecified atom stereocenters. The van der Waals surface area contributed by atoms with Gasteiger partial charge in [0.05, 0.1) is 26.9 Å². The van der Waals surface area contributed by atoms with E-state index in [2.05, 4.69) is 10.3 Å². The first kappa shape index (κ1) is 18.0. The molecule has 2 aromatic carbocycles. The summed E-state index contributed by atoms with van der Waals surface area (Å²) in [4.78, 5) is 24.9. The zero-order valence-corrected chi connectivity index (χ0v) is 13.2. The van der Waals surface area contributed by atoms with Gasteiger partial charge in [0.15, 0.2) is 0 Å². The van der Waals surface area contributed by atoms with Crippen LogP contribution < -0.4 is 5.32 Å². The van der Waals surface area contributed by atoms with Crippen LogP contribution in [0.5, 0.6) is 0 Å². The Balaban J connectivity index is 2.23. The highest BCUT2D eigenvalue weighted by Gasteiger charge is 2.31. The van der Waals surface area contributed by atoms with Crippen molar-refractivity contribution < 1.29 is 23.0 Å². The van der Waals surface area contributed by atoms with Gasteiger partial charge in [-0.05, 0) is 30.3 Å². The second-order valence-electron chi connectivity index (χ2n) is 5.41. The van der Waals surface area contributed by atoms with Crippen LogP contribution in [0, 0.1) is 20.2 Å². The van der Waals surface area contributed by atoms with E-state index >= 15 is 0 Å². The molecule has 0 saturated heterocycles. The fourth-order valence-corrected chi connectivity index (χ4v) is 2.55. The van der Waals surface area contributed by atoms with Gasteiger partial charge in [-0.15, -0.1) is 0 Å². The number of alkyl halides is 3. The Morgan fingerprint density at radius 1 is 0.963 bits per heavy atom. The molecule has 0 aliphatic carbocycles. The van der Waals surface area contributed by atoms with Gasteiger partial charge < -0.3 is 5.32 Å². The summed E-state index contributed by atoms with van der Waals surface area (Å²) in [6.45, 7) is 0. The van der Waals surface area contributed by atoms with Crippen molar-refractivity contribution in [2.75, 3.05) is 5.32 Å². The molecule has 0 aliphatic heterocycles. The van der Waals surface area contributed by atoms with Crippen LogP contribution in [0.25, 0.3) is 10.9 Å². The van der Waals surface area contributed by atoms with Crippen molar-refractivity contribution in [3.05, 3.63) is 74.5 Å². The fraction of sp³-hybridized carbons (Fsp3) is 0.0625. The topological polar surface area (TPSA) is 111 Å². The van der Waals surface area contributed by atoms with E-state index in [1.54, 1.807) is 0 Å². The van der Waals surface area contributed by atoms with Crippen LogP contribution in [0.4, 0.5) is 35.9 Å². The smallest absolute Gasteiger partial charge is 0.348 e. The van der Waals surface area contributed by atoms with Crippen molar-refractivity contribution in [3.8, 4) is 0 Å². The number of hydrogen-bond acceptors (Lipinski definition) is 6. The van der Waals surface area contributed by atoms with E-state index < -0.39 is 33.0 Å². The van der Waals surface area contributed by atoms with E-state index in [9.17, 15) is 33.4 Å². The molecule has 0 fully saturated rings. The number of nitro groups is 2. The summed E-state index contributed by atoms with van der Waals surface area (Å²) in [6, 6.07) is 7.57. The van der Waals surface area contributed by atoms with Gasteiger partial charge in [0.25, 0.3) is 5.69 Å². The van der Waals surface area contributed by atoms with Crippen LogP contribution >= 0.6 is 0 Å². The summed E-state index contributed by atoms with van der Waals surface area (Å²) >= 11 is 0. The van der Waals surface area contributed by atoms with Gasteiger partial charge >= 0.3 is 11.9 Å². The molecule has 0 radical (unpaired) electrons. The molecule has 3 aromatic rings. The number of nitrogens with zero attached hydrogens (tertiary/aromatic N) is 3. The molecule has 27 heavy (non-hydrogen) atoms. The molecule has 0 atom stereocenters. The summed E-state index contributed by atoms with van der Waals surface area (Å²) in [6.07, 6.45) is -3.33. The molecule has 0 aliphatic rings. The van der Waals surface area contributed by atoms with Gasteiger partial charge in [-0.3, -0.25) is 25.2 Å². The highest BCUT2D eigenvalue weighted by atomic mass is 19.4. The molecule has 0 amide bonds. The van der Waals surface area contributed by atoms with Crippen LogP contribution in [0.3, 0.4) is 0 Å². The van der Waals surface area contributed by atoms with E-state index in [-0.39, 0.29) is 22.3 Å². The Morgan fingerprint density at radius 2 is 1.67 bits per heavy atom. The number of anilines is 2. The van der Waals surface area contributed by atoms with Crippen LogP contribution in [-0.4, -0.2) is 14.8 Å². The molecular formula is C16H9F3N4O4. The second kappa shape index (κ2) is 6.52. The lowest BCUT2D eigenvalue weighted by Gasteiger charge is -2.12. The van der Waals surface area contributed by atoms with Crippen molar-refractivity contribution in [1.29, 1.82) is 0 Å². The maximum absolute atomic E-state index is 12.9. The first-order valence-electron chi connectivity index (χ1n) is 7.33. The number of nitro benzene ring substituents is 2. The van der Waals surface area contributed by atoms with Gasteiger partial charge in [-0.1, -0.05) is 6.07 Å². The van der Waals surface area contributed by atoms with E-state index in [0.717, 1.165) is 24.3 Å². The molecule has 8 nitrogen and oxygen atoms in total. The van der Waals surface area contributed by atoms with Gasteiger partial charge in [-0.2, -0.15) is 13.2 Å². The lowest BCUT2D eigenvalue weighted by Crippen LogP contribution is -2.06. The third kappa shape index (κ3) is 3.47. The SMILES string of the molecule is O=[N+]([O-])c1cc([N+](=O)[O-])c2cccnc2c1Nc1cccc(C(F)(F)F)c1. The minimum Gasteiger partial charge on any atom is -0.348 e. The molecule has 1 N–H and O–H groups in total. The molecule has 11 heteroatoms. The number of benzene rings is 2. The summed E-state index contributed by atoms with van der Waals surface area (Å²) in [5.74, 6) is 0. The van der Waals surface area contributed by atoms with Crippen LogP contribution in [0.2, 0.25) is 0 Å². The fourth-order valence-electron chi connectivity index (χ4n) is 2.55. The van der Waals surface area contributed by atoms with E-state index in [4.69, 9.17) is 0 Å². The van der Waals surface area contributed by atoms with Gasteiger partial charge in [0, 0.05) is 11.9 Å². The number of halogens is 3. The van der Waals surface area contributed by atoms with Crippen molar-refractivity contribution in [3.63, 3.8) is 0 Å². The lowest BCUT2D eigenvalue weighted by molar-refractivity contribution is -0.392. The number of rotatable bonds is 4. The van der Waals surface area contributed by atoms with Crippen LogP contribution in [0.15, 0.2) is 48.7 Å². The normalized spacial score (nSPS) is 11.4. The molecule has 1 aromatic heterocycles. The minimum absolute atomic E-state index is 0.0163. The number of aromatic nitrogens is 1. The first-order chi connectivity index (χ1) is 12.7. The van der Waals surface area contributed by atoms with Gasteiger partial charge in [0.2, 0.25) is 0 Å². The molecule has 1 heterocycles. The average Bonchev–Trinajstić information content (AvgIpc) is 2.61. The third-order valence-corrected chi connectivity index (χ3v) is 3.70. The van der Waals surface area contributed by atoms with E-state index in [1.165, 1.54) is 24.4 Å². The zero-order chi connectivity index (χ0) is 19.8. The largest absolute Gasteiger partial charge is 0.416 e. The van der Waals surface area contributed by atoms with Gasteiger partial charge in [-0.25, -0.2) is 0 Å². The monoisotopic (exact) mass is 378 g/mol. The Bertz CT molecular complexity index is 1070. The van der Waals surface area contributed by atoms with Gasteiger partial charge in [0.1, 0.15) is 11.2 Å². The van der Waals surface area contributed by atoms with Crippen LogP contribution in [0.1, 0.15) is 5.56 Å². The highest BCUT2D eigenvalue weighted by Crippen LogP contribution is 2.40. The van der Waals surface area contributed by atoms with Crippen molar-refractivity contribution in [2.45, 2.75) is 6.18 Å². The van der Waals surface area contributed by atoms with Crippen molar-refractivity contribution >= 4 is 33.7 Å². The van der Waals surface area contributed by atoms with E-state index in [0.29, 0.717) is 0 Å². The van der Waals surface area contributed by atoms with Crippen molar-refractivity contribution in [2.24, 2.45) is 0 Å². The quantitative estimate of drug-likeness (QED) is 0.515. The Hall–Kier alpha value is -3.76. The highest BCUT2D eigenvalue weighted by molar-refractivity contribution is 6.02. The molecule has 3 rings (SSSR count). The predicted molar refractivity (Wildman–Crippen MR) is 89.8 cm³/mol. The maximum atomic E-state index is 12.9. The molecule has 0 saturated carbocycles. The first-order valence-corrected chi connectivity index (χ1v) is 7.33. The summed E-state index contributed by atoms with van der Waals surface area (Å²) in [5, 5.41) is 25.2. The molecule has 138 valence electrons. The van der Waals surface area contributed by atoms with Crippen LogP contribution in [-0.2, 0) is 6.18 Å². The van der Waals surface area contributed by atoms with Crippen molar-refractivity contribution in [1.82, 2.24) is 4.98 Å². The summed E-state index contributed by atoms with van der Waals surface area (Å²) < 4.78 is 38.7. The zero-order valence-electron chi connectivity index (χ0n) is 13.2. The number of hydrogen-bond donors (Lipinski definition) is 1. The number of non-ortho nitro benzene ring substituents is 1. The Morgan fingerprint density at radius 3 is 2.30 bits per heavy atom. The number of nitrogens with one attached hydrogen (secondary N) is 1. The number of fused-ring (bicyclic) bond motifs is 1. The molecule has 0 spiro atoms. The standard InChI is InChI=1S/C16H9F3N4O4/c17-16(18,19)9-3-1-4-10(7-9)21-15-13(23(26)27)8-12(22(24)25)11-5-2-6-20-14(11)15/h1-8,21H. The molecule has 0 bridgehead atoms. The minimum atomic E-state index is -4.60. The lowest BCUT2D eigenvalue weighted by atomic mass is 10.1. The average molecular weight is 378 g/mol. The summed E-state index contributed by atoms with van der Waals surface area (Å²) in [5.41, 5.74) is -2.57. The number of pyridine rings is 1. The molecular weight excluding hydrogens is 369 g/mol. The maximum Gasteiger partial charge on any atom is 0.416 e. The predicted octanol–water partition coefficient (Wildman–Crippen LogP) is 4.81. The third-order valence-electron chi connectivity index (χ3n) is 3.70. The second-order valence-corrected chi connectivity index (χ2v) is 5.41. The Labute approximate surface area is 148 Å². The summed E-state index contributed by atoms with van der Waals surface area (Å²) in [7, 11) is 0. The Kier molecular flexibility index (Phi) is 4.35.